The van der Waals surface area contributed by atoms with E-state index in [1.165, 1.54) is 0 Å². The Morgan fingerprint density at radius 3 is 2.78 bits per heavy atom. The van der Waals surface area contributed by atoms with Crippen molar-refractivity contribution in [2.24, 2.45) is 0 Å². The molecule has 0 spiro atoms. The van der Waals surface area contributed by atoms with Gasteiger partial charge in [0.15, 0.2) is 6.10 Å². The zero-order chi connectivity index (χ0) is 13.0. The molecule has 94 valence electrons. The van der Waals surface area contributed by atoms with Gasteiger partial charge < -0.3 is 14.6 Å². The minimum atomic E-state index is -0.943. The first-order chi connectivity index (χ1) is 8.76. The lowest BCUT2D eigenvalue weighted by Crippen LogP contribution is -2.34. The largest absolute Gasteiger partial charge is 0.386 e. The number of nitrogens with zero attached hydrogens (tertiary/aromatic N) is 1. The van der Waals surface area contributed by atoms with Crippen molar-refractivity contribution in [3.05, 3.63) is 48.6 Å². The molecule has 0 saturated carbocycles. The molecule has 0 amide bonds. The summed E-state index contributed by atoms with van der Waals surface area (Å²) in [4.78, 5) is 0. The molecule has 1 N–H and O–H groups in total. The van der Waals surface area contributed by atoms with Gasteiger partial charge in [-0.2, -0.15) is 5.26 Å². The van der Waals surface area contributed by atoms with Crippen molar-refractivity contribution in [1.29, 1.82) is 5.26 Å². The molecule has 2 rings (SSSR count). The predicted octanol–water partition coefficient (Wildman–Crippen LogP) is 1.41. The maximum Gasteiger partial charge on any atom is 0.173 e. The van der Waals surface area contributed by atoms with Gasteiger partial charge in [-0.1, -0.05) is 36.4 Å². The highest BCUT2D eigenvalue weighted by Gasteiger charge is 2.43. The van der Waals surface area contributed by atoms with Crippen LogP contribution in [0.4, 0.5) is 0 Å². The number of aliphatic hydroxyl groups excluding tert-OH is 1. The van der Waals surface area contributed by atoms with Gasteiger partial charge in [0.25, 0.3) is 0 Å². The number of rotatable bonds is 4. The maximum absolute atomic E-state index is 9.91. The van der Waals surface area contributed by atoms with Crippen LogP contribution in [-0.4, -0.2) is 29.5 Å². The average Bonchev–Trinajstić information content (AvgIpc) is 2.73. The van der Waals surface area contributed by atoms with Crippen LogP contribution in [0.5, 0.6) is 0 Å². The molecule has 18 heavy (non-hydrogen) atoms. The second-order valence-electron chi connectivity index (χ2n) is 4.14. The summed E-state index contributed by atoms with van der Waals surface area (Å²) >= 11 is 0. The molecule has 1 saturated heterocycles. The number of benzene rings is 1. The van der Waals surface area contributed by atoms with Gasteiger partial charge in [0.05, 0.1) is 12.7 Å². The summed E-state index contributed by atoms with van der Waals surface area (Å²) in [5.74, 6) is 0. The summed E-state index contributed by atoms with van der Waals surface area (Å²) in [6.07, 6.45) is -1.24. The Morgan fingerprint density at radius 2 is 2.17 bits per heavy atom. The third-order valence-electron chi connectivity index (χ3n) is 2.92. The molecule has 0 aliphatic carbocycles. The van der Waals surface area contributed by atoms with Crippen molar-refractivity contribution in [3.63, 3.8) is 0 Å². The number of hydrogen-bond acceptors (Lipinski definition) is 4. The number of aliphatic hydroxyl groups is 1. The highest BCUT2D eigenvalue weighted by Crippen LogP contribution is 2.25. The average molecular weight is 245 g/mol. The van der Waals surface area contributed by atoms with Crippen LogP contribution in [0.1, 0.15) is 5.56 Å². The zero-order valence-electron chi connectivity index (χ0n) is 9.90. The Bertz CT molecular complexity index is 440. The van der Waals surface area contributed by atoms with Gasteiger partial charge in [-0.05, 0) is 5.56 Å². The van der Waals surface area contributed by atoms with E-state index in [9.17, 15) is 5.11 Å². The fraction of sp³-hybridized carbons (Fsp3) is 0.357. The van der Waals surface area contributed by atoms with E-state index in [0.717, 1.165) is 5.56 Å². The Labute approximate surface area is 106 Å². The minimum Gasteiger partial charge on any atom is -0.386 e. The minimum absolute atomic E-state index is 0.369. The fourth-order valence-corrected chi connectivity index (χ4v) is 1.95. The zero-order valence-corrected chi connectivity index (χ0v) is 9.90. The van der Waals surface area contributed by atoms with E-state index in [1.54, 1.807) is 6.08 Å². The molecule has 1 aliphatic heterocycles. The highest BCUT2D eigenvalue weighted by molar-refractivity contribution is 5.14. The summed E-state index contributed by atoms with van der Waals surface area (Å²) in [5.41, 5.74) is 1.01. The highest BCUT2D eigenvalue weighted by atomic mass is 16.6. The summed E-state index contributed by atoms with van der Waals surface area (Å²) in [5, 5.41) is 18.7. The van der Waals surface area contributed by atoms with Gasteiger partial charge in [0, 0.05) is 0 Å². The van der Waals surface area contributed by atoms with Crippen molar-refractivity contribution < 1.29 is 14.6 Å². The van der Waals surface area contributed by atoms with Crippen molar-refractivity contribution in [3.8, 4) is 6.07 Å². The molecule has 4 atom stereocenters. The first kappa shape index (κ1) is 12.8. The van der Waals surface area contributed by atoms with Crippen molar-refractivity contribution in [2.75, 3.05) is 0 Å². The normalized spacial score (nSPS) is 30.9. The third kappa shape index (κ3) is 2.59. The van der Waals surface area contributed by atoms with Crippen LogP contribution in [0.2, 0.25) is 0 Å². The molecule has 1 fully saturated rings. The van der Waals surface area contributed by atoms with Gasteiger partial charge in [-0.25, -0.2) is 0 Å². The Hall–Kier alpha value is -1.67. The van der Waals surface area contributed by atoms with Crippen molar-refractivity contribution in [1.82, 2.24) is 0 Å². The van der Waals surface area contributed by atoms with E-state index in [0.29, 0.717) is 6.61 Å². The molecule has 0 radical (unpaired) electrons. The predicted molar refractivity (Wildman–Crippen MR) is 65.5 cm³/mol. The smallest absolute Gasteiger partial charge is 0.173 e. The fourth-order valence-electron chi connectivity index (χ4n) is 1.95. The number of ether oxygens (including phenoxy) is 2. The van der Waals surface area contributed by atoms with Crippen LogP contribution in [0.15, 0.2) is 43.0 Å². The van der Waals surface area contributed by atoms with Crippen molar-refractivity contribution >= 4 is 0 Å². The number of nitriles is 1. The second kappa shape index (κ2) is 5.78. The summed E-state index contributed by atoms with van der Waals surface area (Å²) in [6, 6.07) is 11.5. The molecule has 1 aromatic rings. The van der Waals surface area contributed by atoms with Gasteiger partial charge >= 0.3 is 0 Å². The van der Waals surface area contributed by atoms with Crippen LogP contribution in [-0.2, 0) is 16.1 Å². The van der Waals surface area contributed by atoms with E-state index >= 15 is 0 Å². The Morgan fingerprint density at radius 1 is 1.44 bits per heavy atom. The van der Waals surface area contributed by atoms with Crippen molar-refractivity contribution in [2.45, 2.75) is 31.0 Å². The first-order valence-electron chi connectivity index (χ1n) is 5.77. The monoisotopic (exact) mass is 245 g/mol. The number of hydrogen-bond donors (Lipinski definition) is 1. The standard InChI is InChI=1S/C14H15NO3/c1-2-11-14(13(16)12(8-15)18-11)17-9-10-6-4-3-5-7-10/h2-7,11-14,16H,1,9H2/t11-,12+,13+,14+/m1/s1. The van der Waals surface area contributed by atoms with E-state index in [2.05, 4.69) is 6.58 Å². The summed E-state index contributed by atoms with van der Waals surface area (Å²) in [7, 11) is 0. The van der Waals surface area contributed by atoms with Crippen LogP contribution in [0.25, 0.3) is 0 Å². The molecular weight excluding hydrogens is 230 g/mol. The Balaban J connectivity index is 1.99. The van der Waals surface area contributed by atoms with E-state index in [1.807, 2.05) is 36.4 Å². The topological polar surface area (TPSA) is 62.5 Å². The third-order valence-corrected chi connectivity index (χ3v) is 2.92. The lowest BCUT2D eigenvalue weighted by atomic mass is 10.1. The first-order valence-corrected chi connectivity index (χ1v) is 5.77. The molecule has 4 nitrogen and oxygen atoms in total. The lowest BCUT2D eigenvalue weighted by molar-refractivity contribution is -0.0342. The SMILES string of the molecule is C=C[C@H]1O[C@@H](C#N)[C@H](O)[C@H]1OCc1ccccc1. The van der Waals surface area contributed by atoms with Crippen LogP contribution in [0.3, 0.4) is 0 Å². The van der Waals surface area contributed by atoms with Gasteiger partial charge in [0.1, 0.15) is 18.3 Å². The molecule has 0 unspecified atom stereocenters. The Kier molecular flexibility index (Phi) is 4.11. The second-order valence-corrected chi connectivity index (χ2v) is 4.14. The van der Waals surface area contributed by atoms with Crippen LogP contribution < -0.4 is 0 Å². The molecule has 1 aliphatic rings. The van der Waals surface area contributed by atoms with Gasteiger partial charge in [-0.15, -0.1) is 6.58 Å². The molecule has 0 aromatic heterocycles. The van der Waals surface area contributed by atoms with E-state index in [-0.39, 0.29) is 0 Å². The molecular formula is C14H15NO3. The lowest BCUT2D eigenvalue weighted by Gasteiger charge is -2.18. The van der Waals surface area contributed by atoms with E-state index in [4.69, 9.17) is 14.7 Å². The van der Waals surface area contributed by atoms with Gasteiger partial charge in [-0.3, -0.25) is 0 Å². The van der Waals surface area contributed by atoms with Gasteiger partial charge in [0.2, 0.25) is 0 Å². The van der Waals surface area contributed by atoms with E-state index < -0.39 is 24.4 Å². The van der Waals surface area contributed by atoms with Crippen LogP contribution >= 0.6 is 0 Å². The quantitative estimate of drug-likeness (QED) is 0.815. The van der Waals surface area contributed by atoms with Crippen LogP contribution in [0, 0.1) is 11.3 Å². The molecule has 4 heteroatoms. The molecule has 1 aromatic carbocycles. The molecule has 1 heterocycles. The molecule has 0 bridgehead atoms. The summed E-state index contributed by atoms with van der Waals surface area (Å²) in [6.45, 7) is 4.00. The maximum atomic E-state index is 9.91. The summed E-state index contributed by atoms with van der Waals surface area (Å²) < 4.78 is 11.0.